The Morgan fingerprint density at radius 3 is 2.85 bits per heavy atom. The number of hydrogen-bond donors (Lipinski definition) is 2. The normalized spacial score (nSPS) is 10.4. The Bertz CT molecular complexity index is 671. The third-order valence-electron chi connectivity index (χ3n) is 2.44. The van der Waals surface area contributed by atoms with Crippen molar-refractivity contribution in [3.05, 3.63) is 45.8 Å². The topological polar surface area (TPSA) is 137 Å². The fourth-order valence-electron chi connectivity index (χ4n) is 1.58. The standard InChI is InChI=1S/C10H9N5O4S/c11-14-5-12-13-10(14)20-4-6-2-1-3-7(15(18)19)8(6)9(16)17/h1-3,5H,4,11H2,(H,16,17). The first-order chi connectivity index (χ1) is 9.50. The number of aromatic nitrogens is 3. The molecule has 0 radical (unpaired) electrons. The van der Waals surface area contributed by atoms with Crippen LogP contribution in [0.2, 0.25) is 0 Å². The average Bonchev–Trinajstić information content (AvgIpc) is 2.81. The molecule has 0 aliphatic rings. The highest BCUT2D eigenvalue weighted by molar-refractivity contribution is 7.98. The Labute approximate surface area is 116 Å². The lowest BCUT2D eigenvalue weighted by molar-refractivity contribution is -0.385. The van der Waals surface area contributed by atoms with Crippen molar-refractivity contribution in [3.63, 3.8) is 0 Å². The molecule has 2 rings (SSSR count). The Morgan fingerprint density at radius 2 is 2.30 bits per heavy atom. The number of hydrogen-bond acceptors (Lipinski definition) is 7. The van der Waals surface area contributed by atoms with E-state index in [1.165, 1.54) is 23.1 Å². The van der Waals surface area contributed by atoms with Gasteiger partial charge in [0, 0.05) is 11.8 Å². The first-order valence-corrected chi connectivity index (χ1v) is 6.26. The number of nitro benzene ring substituents is 1. The number of benzene rings is 1. The highest BCUT2D eigenvalue weighted by Gasteiger charge is 2.23. The van der Waals surface area contributed by atoms with Crippen LogP contribution in [-0.2, 0) is 5.75 Å². The molecular weight excluding hydrogens is 286 g/mol. The minimum absolute atomic E-state index is 0.180. The van der Waals surface area contributed by atoms with Gasteiger partial charge >= 0.3 is 5.97 Å². The maximum Gasteiger partial charge on any atom is 0.343 e. The number of rotatable bonds is 5. The van der Waals surface area contributed by atoms with E-state index in [0.717, 1.165) is 17.8 Å². The van der Waals surface area contributed by atoms with Crippen LogP contribution in [0.25, 0.3) is 0 Å². The summed E-state index contributed by atoms with van der Waals surface area (Å²) in [4.78, 5) is 21.3. The summed E-state index contributed by atoms with van der Waals surface area (Å²) in [6.07, 6.45) is 1.30. The number of nitrogen functional groups attached to an aromatic ring is 1. The second kappa shape index (κ2) is 5.57. The molecule has 0 unspecified atom stereocenters. The molecule has 1 aromatic carbocycles. The van der Waals surface area contributed by atoms with E-state index >= 15 is 0 Å². The van der Waals surface area contributed by atoms with Gasteiger partial charge in [0.15, 0.2) is 0 Å². The fourth-order valence-corrected chi connectivity index (χ4v) is 2.41. The molecule has 20 heavy (non-hydrogen) atoms. The molecule has 10 heteroatoms. The minimum Gasteiger partial charge on any atom is -0.477 e. The van der Waals surface area contributed by atoms with Gasteiger partial charge in [-0.2, -0.15) is 0 Å². The molecule has 2 aromatic rings. The van der Waals surface area contributed by atoms with Crippen LogP contribution in [0, 0.1) is 10.1 Å². The number of thioether (sulfide) groups is 1. The van der Waals surface area contributed by atoms with Crippen molar-refractivity contribution in [1.29, 1.82) is 0 Å². The highest BCUT2D eigenvalue weighted by atomic mass is 32.2. The second-order valence-electron chi connectivity index (χ2n) is 3.68. The predicted molar refractivity (Wildman–Crippen MR) is 69.8 cm³/mol. The van der Waals surface area contributed by atoms with Gasteiger partial charge in [0.2, 0.25) is 5.16 Å². The van der Waals surface area contributed by atoms with E-state index in [0.29, 0.717) is 10.7 Å². The molecule has 9 nitrogen and oxygen atoms in total. The molecule has 0 fully saturated rings. The second-order valence-corrected chi connectivity index (χ2v) is 4.63. The summed E-state index contributed by atoms with van der Waals surface area (Å²) < 4.78 is 1.18. The number of nitro groups is 1. The zero-order valence-corrected chi connectivity index (χ0v) is 10.8. The number of nitrogens with zero attached hydrogens (tertiary/aromatic N) is 4. The van der Waals surface area contributed by atoms with Crippen molar-refractivity contribution in [2.24, 2.45) is 0 Å². The van der Waals surface area contributed by atoms with Crippen molar-refractivity contribution in [1.82, 2.24) is 14.9 Å². The van der Waals surface area contributed by atoms with Crippen molar-refractivity contribution >= 4 is 23.4 Å². The smallest absolute Gasteiger partial charge is 0.343 e. The predicted octanol–water partition coefficient (Wildman–Crippen LogP) is 0.891. The molecule has 0 bridgehead atoms. The van der Waals surface area contributed by atoms with Gasteiger partial charge in [0.1, 0.15) is 11.9 Å². The van der Waals surface area contributed by atoms with Crippen LogP contribution in [0.15, 0.2) is 29.7 Å². The number of carboxylic acid groups (broad SMARTS) is 1. The van der Waals surface area contributed by atoms with Crippen LogP contribution in [0.4, 0.5) is 5.69 Å². The van der Waals surface area contributed by atoms with E-state index < -0.39 is 16.6 Å². The maximum atomic E-state index is 11.2. The summed E-state index contributed by atoms with van der Waals surface area (Å²) >= 11 is 1.14. The van der Waals surface area contributed by atoms with E-state index in [1.54, 1.807) is 0 Å². The number of carboxylic acids is 1. The van der Waals surface area contributed by atoms with Crippen molar-refractivity contribution < 1.29 is 14.8 Å². The molecule has 1 heterocycles. The van der Waals surface area contributed by atoms with Gasteiger partial charge < -0.3 is 10.9 Å². The summed E-state index contributed by atoms with van der Waals surface area (Å²) in [5, 5.41) is 27.7. The van der Waals surface area contributed by atoms with Crippen LogP contribution in [0.1, 0.15) is 15.9 Å². The van der Waals surface area contributed by atoms with Crippen LogP contribution < -0.4 is 5.84 Å². The lowest BCUT2D eigenvalue weighted by Gasteiger charge is -2.06. The summed E-state index contributed by atoms with van der Waals surface area (Å²) in [5.41, 5.74) is -0.447. The number of aromatic carboxylic acids is 1. The molecule has 0 spiro atoms. The van der Waals surface area contributed by atoms with Crippen molar-refractivity contribution in [3.8, 4) is 0 Å². The summed E-state index contributed by atoms with van der Waals surface area (Å²) in [6.45, 7) is 0. The lowest BCUT2D eigenvalue weighted by Crippen LogP contribution is -2.09. The van der Waals surface area contributed by atoms with E-state index in [2.05, 4.69) is 10.2 Å². The number of nitrogens with two attached hydrogens (primary N) is 1. The van der Waals surface area contributed by atoms with Gasteiger partial charge in [-0.25, -0.2) is 9.47 Å². The molecule has 0 saturated carbocycles. The van der Waals surface area contributed by atoms with Gasteiger partial charge in [0.25, 0.3) is 5.69 Å². The van der Waals surface area contributed by atoms with Crippen molar-refractivity contribution in [2.45, 2.75) is 10.9 Å². The monoisotopic (exact) mass is 295 g/mol. The van der Waals surface area contributed by atoms with Crippen LogP contribution in [-0.4, -0.2) is 30.9 Å². The quantitative estimate of drug-likeness (QED) is 0.359. The third kappa shape index (κ3) is 2.69. The molecule has 0 aliphatic heterocycles. The molecule has 1 aromatic heterocycles. The Balaban J connectivity index is 2.32. The van der Waals surface area contributed by atoms with E-state index in [4.69, 9.17) is 10.9 Å². The summed E-state index contributed by atoms with van der Waals surface area (Å²) in [7, 11) is 0. The first-order valence-electron chi connectivity index (χ1n) is 5.28. The molecule has 104 valence electrons. The Hall–Kier alpha value is -2.62. The molecule has 3 N–H and O–H groups in total. The lowest BCUT2D eigenvalue weighted by atomic mass is 10.1. The largest absolute Gasteiger partial charge is 0.477 e. The van der Waals surface area contributed by atoms with Crippen LogP contribution >= 0.6 is 11.8 Å². The minimum atomic E-state index is -1.35. The highest BCUT2D eigenvalue weighted by Crippen LogP contribution is 2.27. The van der Waals surface area contributed by atoms with E-state index in [9.17, 15) is 14.9 Å². The Morgan fingerprint density at radius 1 is 1.55 bits per heavy atom. The fraction of sp³-hybridized carbons (Fsp3) is 0.100. The third-order valence-corrected chi connectivity index (χ3v) is 3.44. The maximum absolute atomic E-state index is 11.2. The zero-order chi connectivity index (χ0) is 14.7. The summed E-state index contributed by atoms with van der Waals surface area (Å²) in [6, 6.07) is 4.11. The van der Waals surface area contributed by atoms with Gasteiger partial charge in [-0.05, 0) is 5.56 Å². The first kappa shape index (κ1) is 13.8. The number of carbonyl (C=O) groups is 1. The molecule has 0 amide bonds. The Kier molecular flexibility index (Phi) is 3.84. The van der Waals surface area contributed by atoms with Gasteiger partial charge in [0.05, 0.1) is 4.92 Å². The van der Waals surface area contributed by atoms with E-state index in [-0.39, 0.29) is 11.3 Å². The van der Waals surface area contributed by atoms with E-state index in [1.807, 2.05) is 0 Å². The van der Waals surface area contributed by atoms with Gasteiger partial charge in [-0.1, -0.05) is 23.9 Å². The van der Waals surface area contributed by atoms with Gasteiger partial charge in [-0.3, -0.25) is 10.1 Å². The summed E-state index contributed by atoms with van der Waals surface area (Å²) in [5.74, 6) is 4.36. The van der Waals surface area contributed by atoms with Crippen molar-refractivity contribution in [2.75, 3.05) is 5.84 Å². The van der Waals surface area contributed by atoms with Crippen LogP contribution in [0.3, 0.4) is 0 Å². The molecule has 0 aliphatic carbocycles. The zero-order valence-electron chi connectivity index (χ0n) is 9.96. The molecule has 0 atom stereocenters. The van der Waals surface area contributed by atoms with Gasteiger partial charge in [-0.15, -0.1) is 10.2 Å². The molecular formula is C10H9N5O4S. The average molecular weight is 295 g/mol. The SMILES string of the molecule is Nn1cnnc1SCc1cccc([N+](=O)[O-])c1C(=O)O. The molecule has 0 saturated heterocycles. The van der Waals surface area contributed by atoms with Crippen LogP contribution in [0.5, 0.6) is 0 Å².